The van der Waals surface area contributed by atoms with E-state index in [1.54, 1.807) is 0 Å². The average molecular weight is 296 g/mol. The highest BCUT2D eigenvalue weighted by Gasteiger charge is 2.18. The second-order valence-electron chi connectivity index (χ2n) is 3.95. The van der Waals surface area contributed by atoms with E-state index in [2.05, 4.69) is 29.5 Å². The Kier molecular flexibility index (Phi) is 6.37. The molecule has 13 heavy (non-hydrogen) atoms. The van der Waals surface area contributed by atoms with Gasteiger partial charge in [-0.15, -0.1) is 0 Å². The number of alkyl halides is 1. The van der Waals surface area contributed by atoms with Crippen LogP contribution in [0.2, 0.25) is 0 Å². The first-order valence-electron chi connectivity index (χ1n) is 5.58. The molecule has 0 amide bonds. The molecular formula is C11H21IO. The topological polar surface area (TPSA) is 9.23 Å². The summed E-state index contributed by atoms with van der Waals surface area (Å²) in [6, 6.07) is 0. The number of ether oxygens (including phenoxy) is 1. The van der Waals surface area contributed by atoms with E-state index >= 15 is 0 Å². The molecule has 1 aliphatic rings. The van der Waals surface area contributed by atoms with Gasteiger partial charge in [0.15, 0.2) is 0 Å². The Bertz CT molecular complexity index is 119. The molecule has 0 aromatic heterocycles. The van der Waals surface area contributed by atoms with Crippen LogP contribution in [-0.4, -0.2) is 16.6 Å². The maximum Gasteiger partial charge on any atom is 0.0575 e. The molecule has 1 fully saturated rings. The van der Waals surface area contributed by atoms with Gasteiger partial charge in [0.1, 0.15) is 0 Å². The first kappa shape index (κ1) is 11.8. The second-order valence-corrected chi connectivity index (χ2v) is 5.71. The van der Waals surface area contributed by atoms with Crippen LogP contribution in [-0.2, 0) is 4.74 Å². The van der Waals surface area contributed by atoms with Gasteiger partial charge in [0, 0.05) is 10.5 Å². The summed E-state index contributed by atoms with van der Waals surface area (Å²) in [5.41, 5.74) is 0. The molecule has 0 heterocycles. The zero-order valence-electron chi connectivity index (χ0n) is 8.60. The molecule has 0 N–H and O–H groups in total. The van der Waals surface area contributed by atoms with Gasteiger partial charge in [-0.25, -0.2) is 0 Å². The molecular weight excluding hydrogens is 275 g/mol. The molecule has 0 bridgehead atoms. The highest BCUT2D eigenvalue weighted by Crippen LogP contribution is 2.26. The lowest BCUT2D eigenvalue weighted by molar-refractivity contribution is 0.0282. The Morgan fingerprint density at radius 3 is 2.46 bits per heavy atom. The monoisotopic (exact) mass is 296 g/mol. The summed E-state index contributed by atoms with van der Waals surface area (Å²) in [5.74, 6) is 0. The number of halogens is 1. The number of rotatable bonds is 5. The third-order valence-electron chi connectivity index (χ3n) is 2.71. The Balaban J connectivity index is 1.96. The molecule has 0 radical (unpaired) electrons. The van der Waals surface area contributed by atoms with Crippen molar-refractivity contribution in [2.45, 2.75) is 61.9 Å². The van der Waals surface area contributed by atoms with Crippen LogP contribution >= 0.6 is 22.6 Å². The molecule has 0 aromatic carbocycles. The SMILES string of the molecule is CCCCCOC1CCC(I)CC1. The van der Waals surface area contributed by atoms with Gasteiger partial charge >= 0.3 is 0 Å². The molecule has 1 nitrogen and oxygen atoms in total. The lowest BCUT2D eigenvalue weighted by Gasteiger charge is -2.25. The maximum absolute atomic E-state index is 5.83. The molecule has 0 saturated heterocycles. The molecule has 0 spiro atoms. The number of unbranched alkanes of at least 4 members (excludes halogenated alkanes) is 2. The van der Waals surface area contributed by atoms with Crippen LogP contribution in [0.3, 0.4) is 0 Å². The Labute approximate surface area is 95.8 Å². The Morgan fingerprint density at radius 1 is 1.15 bits per heavy atom. The summed E-state index contributed by atoms with van der Waals surface area (Å²) >= 11 is 2.56. The fraction of sp³-hybridized carbons (Fsp3) is 1.00. The van der Waals surface area contributed by atoms with Crippen LogP contribution < -0.4 is 0 Å². The van der Waals surface area contributed by atoms with Crippen molar-refractivity contribution < 1.29 is 4.74 Å². The predicted molar refractivity (Wildman–Crippen MR) is 65.5 cm³/mol. The summed E-state index contributed by atoms with van der Waals surface area (Å²) < 4.78 is 6.74. The summed E-state index contributed by atoms with van der Waals surface area (Å²) in [4.78, 5) is 0. The standard InChI is InChI=1S/C11H21IO/c1-2-3-4-9-13-11-7-5-10(12)6-8-11/h10-11H,2-9H2,1H3. The van der Waals surface area contributed by atoms with Gasteiger partial charge in [-0.05, 0) is 32.1 Å². The van der Waals surface area contributed by atoms with Crippen molar-refractivity contribution in [3.05, 3.63) is 0 Å². The predicted octanol–water partition coefficient (Wildman–Crippen LogP) is 3.94. The summed E-state index contributed by atoms with van der Waals surface area (Å²) in [6.07, 6.45) is 9.76. The molecule has 0 aliphatic heterocycles. The van der Waals surface area contributed by atoms with Crippen LogP contribution in [0.5, 0.6) is 0 Å². The molecule has 2 heteroatoms. The quantitative estimate of drug-likeness (QED) is 0.424. The van der Waals surface area contributed by atoms with Crippen LogP contribution in [0.1, 0.15) is 51.9 Å². The molecule has 1 aliphatic carbocycles. The molecule has 0 aromatic rings. The van der Waals surface area contributed by atoms with E-state index in [0.29, 0.717) is 6.10 Å². The summed E-state index contributed by atoms with van der Waals surface area (Å²) in [7, 11) is 0. The van der Waals surface area contributed by atoms with Gasteiger partial charge in [-0.2, -0.15) is 0 Å². The molecule has 0 atom stereocenters. The third-order valence-corrected chi connectivity index (χ3v) is 3.95. The van der Waals surface area contributed by atoms with Gasteiger partial charge in [-0.3, -0.25) is 0 Å². The zero-order valence-corrected chi connectivity index (χ0v) is 10.8. The van der Waals surface area contributed by atoms with Gasteiger partial charge in [0.25, 0.3) is 0 Å². The van der Waals surface area contributed by atoms with Crippen molar-refractivity contribution in [3.63, 3.8) is 0 Å². The zero-order chi connectivity index (χ0) is 9.52. The first-order valence-corrected chi connectivity index (χ1v) is 6.83. The van der Waals surface area contributed by atoms with Crippen LogP contribution in [0, 0.1) is 0 Å². The normalized spacial score (nSPS) is 29.1. The highest BCUT2D eigenvalue weighted by molar-refractivity contribution is 14.1. The summed E-state index contributed by atoms with van der Waals surface area (Å²) in [6.45, 7) is 3.23. The lowest BCUT2D eigenvalue weighted by Crippen LogP contribution is -2.21. The highest BCUT2D eigenvalue weighted by atomic mass is 127. The van der Waals surface area contributed by atoms with E-state index in [9.17, 15) is 0 Å². The fourth-order valence-electron chi connectivity index (χ4n) is 1.79. The Morgan fingerprint density at radius 2 is 1.85 bits per heavy atom. The maximum atomic E-state index is 5.83. The molecule has 78 valence electrons. The van der Waals surface area contributed by atoms with Gasteiger partial charge in [-0.1, -0.05) is 42.4 Å². The Hall–Kier alpha value is 0.690. The minimum absolute atomic E-state index is 0.586. The number of hydrogen-bond acceptors (Lipinski definition) is 1. The largest absolute Gasteiger partial charge is 0.378 e. The van der Waals surface area contributed by atoms with E-state index < -0.39 is 0 Å². The minimum Gasteiger partial charge on any atom is -0.378 e. The number of hydrogen-bond donors (Lipinski definition) is 0. The van der Waals surface area contributed by atoms with Crippen molar-refractivity contribution >= 4 is 22.6 Å². The lowest BCUT2D eigenvalue weighted by atomic mass is 9.98. The van der Waals surface area contributed by atoms with Crippen LogP contribution in [0.25, 0.3) is 0 Å². The van der Waals surface area contributed by atoms with E-state index in [1.807, 2.05) is 0 Å². The first-order chi connectivity index (χ1) is 6.33. The average Bonchev–Trinajstić information content (AvgIpc) is 2.15. The van der Waals surface area contributed by atoms with Crippen LogP contribution in [0.4, 0.5) is 0 Å². The third kappa shape index (κ3) is 5.21. The summed E-state index contributed by atoms with van der Waals surface area (Å²) in [5, 5.41) is 0. The van der Waals surface area contributed by atoms with Gasteiger partial charge in [0.2, 0.25) is 0 Å². The molecule has 1 rings (SSSR count). The van der Waals surface area contributed by atoms with Crippen molar-refractivity contribution in [1.82, 2.24) is 0 Å². The van der Waals surface area contributed by atoms with E-state index in [0.717, 1.165) is 10.5 Å². The van der Waals surface area contributed by atoms with E-state index in [4.69, 9.17) is 4.74 Å². The smallest absolute Gasteiger partial charge is 0.0575 e. The van der Waals surface area contributed by atoms with Crippen molar-refractivity contribution in [2.75, 3.05) is 6.61 Å². The van der Waals surface area contributed by atoms with Crippen molar-refractivity contribution in [3.8, 4) is 0 Å². The molecule has 1 saturated carbocycles. The van der Waals surface area contributed by atoms with Crippen LogP contribution in [0.15, 0.2) is 0 Å². The van der Waals surface area contributed by atoms with Crippen molar-refractivity contribution in [1.29, 1.82) is 0 Å². The van der Waals surface area contributed by atoms with E-state index in [1.165, 1.54) is 44.9 Å². The second kappa shape index (κ2) is 7.04. The van der Waals surface area contributed by atoms with Crippen molar-refractivity contribution in [2.24, 2.45) is 0 Å². The van der Waals surface area contributed by atoms with E-state index in [-0.39, 0.29) is 0 Å². The molecule has 0 unspecified atom stereocenters. The van der Waals surface area contributed by atoms with Gasteiger partial charge in [0.05, 0.1) is 6.10 Å². The minimum atomic E-state index is 0.586. The van der Waals surface area contributed by atoms with Gasteiger partial charge < -0.3 is 4.74 Å². The fourth-order valence-corrected chi connectivity index (χ4v) is 2.51.